The van der Waals surface area contributed by atoms with Crippen LogP contribution in [0.3, 0.4) is 0 Å². The summed E-state index contributed by atoms with van der Waals surface area (Å²) < 4.78 is 2.61. The Labute approximate surface area is 86.6 Å². The Morgan fingerprint density at radius 2 is 2.00 bits per heavy atom. The van der Waals surface area contributed by atoms with Crippen LogP contribution in [0.5, 0.6) is 0 Å². The third kappa shape index (κ3) is 1.63. The van der Waals surface area contributed by atoms with Crippen LogP contribution in [0.15, 0.2) is 22.0 Å². The van der Waals surface area contributed by atoms with Crippen molar-refractivity contribution in [2.24, 2.45) is 7.05 Å². The van der Waals surface area contributed by atoms with Gasteiger partial charge in [0.2, 0.25) is 0 Å². The van der Waals surface area contributed by atoms with Gasteiger partial charge < -0.3 is 14.2 Å². The average Bonchev–Trinajstić information content (AvgIpc) is 2.62. The number of aryl methyl sites for hydroxylation is 1. The lowest BCUT2D eigenvalue weighted by Gasteiger charge is -2.17. The van der Waals surface area contributed by atoms with Crippen molar-refractivity contribution in [3.63, 3.8) is 0 Å². The van der Waals surface area contributed by atoms with Crippen LogP contribution in [-0.2, 0) is 7.05 Å². The van der Waals surface area contributed by atoms with Gasteiger partial charge in [0.15, 0.2) is 0 Å². The number of nitrogens with zero attached hydrogens (tertiary/aromatic N) is 2. The van der Waals surface area contributed by atoms with Gasteiger partial charge in [-0.15, -0.1) is 0 Å². The van der Waals surface area contributed by atoms with Crippen LogP contribution in [-0.4, -0.2) is 20.3 Å². The fourth-order valence-electron chi connectivity index (χ4n) is 2.08. The Morgan fingerprint density at radius 1 is 1.27 bits per heavy atom. The van der Waals surface area contributed by atoms with E-state index in [-0.39, 0.29) is 6.04 Å². The standard InChI is InChI=1S/C10H14N2O3/c1-11-5-6-12(10(15)9(11)14)7-3-2-4-8(7)13/h5-8,13H,2-4H2,1H3/t7-,8-/m0/s1. The molecule has 1 N–H and O–H groups in total. The molecule has 0 radical (unpaired) electrons. The summed E-state index contributed by atoms with van der Waals surface area (Å²) in [5.41, 5.74) is -1.09. The SMILES string of the molecule is Cn1ccn([C@H]2CCC[C@@H]2O)c(=O)c1=O. The number of aromatic nitrogens is 2. The maximum absolute atomic E-state index is 11.6. The van der Waals surface area contributed by atoms with E-state index >= 15 is 0 Å². The van der Waals surface area contributed by atoms with E-state index in [2.05, 4.69) is 0 Å². The molecular formula is C10H14N2O3. The molecule has 1 saturated carbocycles. The molecule has 15 heavy (non-hydrogen) atoms. The molecule has 5 heteroatoms. The third-order valence-corrected chi connectivity index (χ3v) is 2.99. The number of hydrogen-bond acceptors (Lipinski definition) is 3. The second kappa shape index (κ2) is 3.66. The Kier molecular flexibility index (Phi) is 2.48. The number of rotatable bonds is 1. The molecule has 0 unspecified atom stereocenters. The van der Waals surface area contributed by atoms with Gasteiger partial charge in [-0.3, -0.25) is 9.59 Å². The van der Waals surface area contributed by atoms with Gasteiger partial charge in [-0.2, -0.15) is 0 Å². The summed E-state index contributed by atoms with van der Waals surface area (Å²) in [5, 5.41) is 9.66. The van der Waals surface area contributed by atoms with Crippen molar-refractivity contribution < 1.29 is 5.11 Å². The van der Waals surface area contributed by atoms with Gasteiger partial charge in [-0.25, -0.2) is 0 Å². The smallest absolute Gasteiger partial charge is 0.316 e. The predicted molar refractivity (Wildman–Crippen MR) is 54.8 cm³/mol. The molecule has 1 aliphatic rings. The van der Waals surface area contributed by atoms with Gasteiger partial charge in [0, 0.05) is 19.4 Å². The molecule has 0 aliphatic heterocycles. The van der Waals surface area contributed by atoms with E-state index in [1.165, 1.54) is 9.13 Å². The van der Waals surface area contributed by atoms with Crippen LogP contribution in [0, 0.1) is 0 Å². The second-order valence-corrected chi connectivity index (χ2v) is 3.99. The second-order valence-electron chi connectivity index (χ2n) is 3.99. The summed E-state index contributed by atoms with van der Waals surface area (Å²) in [6.07, 6.45) is 4.97. The first-order valence-corrected chi connectivity index (χ1v) is 5.07. The van der Waals surface area contributed by atoms with Gasteiger partial charge >= 0.3 is 11.1 Å². The van der Waals surface area contributed by atoms with Crippen molar-refractivity contribution in [3.05, 3.63) is 33.1 Å². The first kappa shape index (κ1) is 10.2. The molecule has 0 spiro atoms. The molecule has 2 atom stereocenters. The lowest BCUT2D eigenvalue weighted by atomic mass is 10.2. The number of hydrogen-bond donors (Lipinski definition) is 1. The highest BCUT2D eigenvalue weighted by atomic mass is 16.3. The normalized spacial score (nSPS) is 25.7. The van der Waals surface area contributed by atoms with Crippen molar-refractivity contribution in [2.45, 2.75) is 31.4 Å². The molecule has 1 aromatic rings. The Hall–Kier alpha value is -1.36. The molecule has 1 fully saturated rings. The Morgan fingerprint density at radius 3 is 2.60 bits per heavy atom. The molecular weight excluding hydrogens is 196 g/mol. The minimum absolute atomic E-state index is 0.230. The predicted octanol–water partition coefficient (Wildman–Crippen LogP) is -0.367. The van der Waals surface area contributed by atoms with E-state index in [1.54, 1.807) is 19.4 Å². The summed E-state index contributed by atoms with van der Waals surface area (Å²) in [7, 11) is 1.54. The highest BCUT2D eigenvalue weighted by Crippen LogP contribution is 2.28. The van der Waals surface area contributed by atoms with Crippen LogP contribution in [0.25, 0.3) is 0 Å². The molecule has 1 aromatic heterocycles. The van der Waals surface area contributed by atoms with Gasteiger partial charge in [0.25, 0.3) is 0 Å². The summed E-state index contributed by atoms with van der Waals surface area (Å²) in [6.45, 7) is 0. The lowest BCUT2D eigenvalue weighted by molar-refractivity contribution is 0.134. The summed E-state index contributed by atoms with van der Waals surface area (Å²) in [4.78, 5) is 23.0. The van der Waals surface area contributed by atoms with E-state index in [4.69, 9.17) is 0 Å². The van der Waals surface area contributed by atoms with Crippen molar-refractivity contribution in [1.82, 2.24) is 9.13 Å². The van der Waals surface area contributed by atoms with Crippen LogP contribution in [0.1, 0.15) is 25.3 Å². The summed E-state index contributed by atoms with van der Waals surface area (Å²) in [6, 6.07) is -0.230. The average molecular weight is 210 g/mol. The Balaban J connectivity index is 2.50. The fourth-order valence-corrected chi connectivity index (χ4v) is 2.08. The quantitative estimate of drug-likeness (QED) is 0.643. The molecule has 82 valence electrons. The van der Waals surface area contributed by atoms with E-state index in [0.717, 1.165) is 12.8 Å². The Bertz CT molecular complexity index is 474. The van der Waals surface area contributed by atoms with Crippen LogP contribution >= 0.6 is 0 Å². The molecule has 2 rings (SSSR count). The highest BCUT2D eigenvalue weighted by molar-refractivity contribution is 4.92. The number of aliphatic hydroxyl groups is 1. The maximum atomic E-state index is 11.6. The van der Waals surface area contributed by atoms with Crippen LogP contribution < -0.4 is 11.1 Å². The van der Waals surface area contributed by atoms with E-state index < -0.39 is 17.2 Å². The summed E-state index contributed by atoms with van der Waals surface area (Å²) >= 11 is 0. The molecule has 1 heterocycles. The summed E-state index contributed by atoms with van der Waals surface area (Å²) in [5.74, 6) is 0. The number of aliphatic hydroxyl groups excluding tert-OH is 1. The van der Waals surface area contributed by atoms with Crippen LogP contribution in [0.4, 0.5) is 0 Å². The van der Waals surface area contributed by atoms with Crippen molar-refractivity contribution in [3.8, 4) is 0 Å². The third-order valence-electron chi connectivity index (χ3n) is 2.99. The minimum atomic E-state index is -0.550. The first-order chi connectivity index (χ1) is 7.11. The maximum Gasteiger partial charge on any atom is 0.316 e. The van der Waals surface area contributed by atoms with E-state index in [9.17, 15) is 14.7 Å². The zero-order valence-electron chi connectivity index (χ0n) is 8.59. The van der Waals surface area contributed by atoms with Gasteiger partial charge in [-0.05, 0) is 19.3 Å². The van der Waals surface area contributed by atoms with E-state index in [1.807, 2.05) is 0 Å². The first-order valence-electron chi connectivity index (χ1n) is 5.07. The van der Waals surface area contributed by atoms with Crippen molar-refractivity contribution in [2.75, 3.05) is 0 Å². The van der Waals surface area contributed by atoms with Gasteiger partial charge in [0.1, 0.15) is 0 Å². The molecule has 0 bridgehead atoms. The van der Waals surface area contributed by atoms with E-state index in [0.29, 0.717) is 6.42 Å². The highest BCUT2D eigenvalue weighted by Gasteiger charge is 2.27. The molecule has 1 aliphatic carbocycles. The largest absolute Gasteiger partial charge is 0.391 e. The molecule has 0 amide bonds. The van der Waals surface area contributed by atoms with Crippen LogP contribution in [0.2, 0.25) is 0 Å². The van der Waals surface area contributed by atoms with Crippen molar-refractivity contribution >= 4 is 0 Å². The van der Waals surface area contributed by atoms with Crippen molar-refractivity contribution in [1.29, 1.82) is 0 Å². The molecule has 0 aromatic carbocycles. The molecule has 5 nitrogen and oxygen atoms in total. The van der Waals surface area contributed by atoms with Gasteiger partial charge in [-0.1, -0.05) is 0 Å². The topological polar surface area (TPSA) is 64.2 Å². The molecule has 0 saturated heterocycles. The lowest BCUT2D eigenvalue weighted by Crippen LogP contribution is -2.42. The minimum Gasteiger partial charge on any atom is -0.391 e. The van der Waals surface area contributed by atoms with Gasteiger partial charge in [0.05, 0.1) is 12.1 Å². The zero-order valence-corrected chi connectivity index (χ0v) is 8.59. The zero-order chi connectivity index (χ0) is 11.0. The monoisotopic (exact) mass is 210 g/mol. The fraction of sp³-hybridized carbons (Fsp3) is 0.600.